The highest BCUT2D eigenvalue weighted by Gasteiger charge is 2.29. The molecule has 9 nitrogen and oxygen atoms in total. The number of carbonyl (C=O) groups is 3. The predicted octanol–water partition coefficient (Wildman–Crippen LogP) is 1.07. The Kier molecular flexibility index (Phi) is 7.42. The van der Waals surface area contributed by atoms with E-state index in [1.165, 1.54) is 46.8 Å². The molecule has 3 rings (SSSR count). The fourth-order valence-electron chi connectivity index (χ4n) is 3.04. The lowest BCUT2D eigenvalue weighted by Crippen LogP contribution is -2.49. The summed E-state index contributed by atoms with van der Waals surface area (Å²) in [6, 6.07) is 9.26. The van der Waals surface area contributed by atoms with Crippen LogP contribution in [0.2, 0.25) is 0 Å². The monoisotopic (exact) mass is 465 g/mol. The van der Waals surface area contributed by atoms with E-state index in [2.05, 4.69) is 5.32 Å². The van der Waals surface area contributed by atoms with Crippen LogP contribution in [-0.4, -0.2) is 68.2 Å². The van der Waals surface area contributed by atoms with Gasteiger partial charge in [0.1, 0.15) is 0 Å². The summed E-state index contributed by atoms with van der Waals surface area (Å²) in [6.07, 6.45) is 0. The van der Waals surface area contributed by atoms with Gasteiger partial charge in [-0.1, -0.05) is 12.1 Å². The summed E-state index contributed by atoms with van der Waals surface area (Å²) in [5.74, 6) is -1.33. The molecule has 166 valence electrons. The van der Waals surface area contributed by atoms with Gasteiger partial charge in [-0.05, 0) is 29.6 Å². The van der Waals surface area contributed by atoms with E-state index >= 15 is 0 Å². The van der Waals surface area contributed by atoms with Gasteiger partial charge in [0.2, 0.25) is 15.9 Å². The molecule has 0 spiro atoms. The Morgan fingerprint density at radius 1 is 1.10 bits per heavy atom. The Morgan fingerprint density at radius 2 is 1.84 bits per heavy atom. The Balaban J connectivity index is 1.58. The van der Waals surface area contributed by atoms with Crippen LogP contribution < -0.4 is 5.32 Å². The molecule has 0 aliphatic carbocycles. The number of hydrogen-bond acceptors (Lipinski definition) is 7. The van der Waals surface area contributed by atoms with Gasteiger partial charge in [-0.15, -0.1) is 11.3 Å². The third-order valence-corrected chi connectivity index (χ3v) is 7.54. The van der Waals surface area contributed by atoms with Crippen molar-refractivity contribution in [2.24, 2.45) is 0 Å². The van der Waals surface area contributed by atoms with Crippen LogP contribution in [-0.2, 0) is 30.9 Å². The number of nitrogens with one attached hydrogen (secondary N) is 1. The number of ether oxygens (including phenoxy) is 1. The van der Waals surface area contributed by atoms with Crippen molar-refractivity contribution < 1.29 is 27.5 Å². The van der Waals surface area contributed by atoms with Gasteiger partial charge < -0.3 is 15.0 Å². The number of thiophene rings is 1. The van der Waals surface area contributed by atoms with E-state index in [0.29, 0.717) is 19.6 Å². The summed E-state index contributed by atoms with van der Waals surface area (Å²) in [5.41, 5.74) is 0.0366. The number of hydrogen-bond donors (Lipinski definition) is 1. The topological polar surface area (TPSA) is 113 Å². The molecule has 1 N–H and O–H groups in total. The first-order valence-corrected chi connectivity index (χ1v) is 11.9. The molecule has 1 aromatic carbocycles. The fraction of sp³-hybridized carbons (Fsp3) is 0.350. The van der Waals surface area contributed by atoms with Crippen molar-refractivity contribution in [3.8, 4) is 0 Å². The van der Waals surface area contributed by atoms with Crippen molar-refractivity contribution in [1.29, 1.82) is 0 Å². The number of amides is 2. The van der Waals surface area contributed by atoms with E-state index in [0.717, 1.165) is 4.88 Å². The average Bonchev–Trinajstić information content (AvgIpc) is 3.30. The normalized spacial score (nSPS) is 14.8. The van der Waals surface area contributed by atoms with Gasteiger partial charge in [-0.3, -0.25) is 9.59 Å². The predicted molar refractivity (Wildman–Crippen MR) is 114 cm³/mol. The number of esters is 1. The minimum absolute atomic E-state index is 0.0366. The molecule has 1 saturated heterocycles. The standard InChI is InChI=1S/C20H23N3O6S2/c1-15(24)22-7-9-23(10-8-22)31(27,28)18-6-2-4-16(12-18)20(26)29-14-19(25)21-13-17-5-3-11-30-17/h2-6,11-12H,7-10,13-14H2,1H3,(H,21,25). The zero-order chi connectivity index (χ0) is 22.4. The second-order valence-electron chi connectivity index (χ2n) is 6.87. The lowest BCUT2D eigenvalue weighted by atomic mass is 10.2. The van der Waals surface area contributed by atoms with Gasteiger partial charge >= 0.3 is 5.97 Å². The Hall–Kier alpha value is -2.76. The van der Waals surface area contributed by atoms with Gasteiger partial charge in [0.15, 0.2) is 6.61 Å². The molecule has 2 heterocycles. The molecule has 1 aliphatic heterocycles. The lowest BCUT2D eigenvalue weighted by molar-refractivity contribution is -0.130. The Bertz CT molecular complexity index is 1040. The summed E-state index contributed by atoms with van der Waals surface area (Å²) < 4.78 is 32.1. The molecule has 0 unspecified atom stereocenters. The number of benzene rings is 1. The van der Waals surface area contributed by atoms with E-state index in [1.807, 2.05) is 17.5 Å². The maximum atomic E-state index is 12.9. The van der Waals surface area contributed by atoms with Crippen molar-refractivity contribution in [3.05, 3.63) is 52.2 Å². The fourth-order valence-corrected chi connectivity index (χ4v) is 5.15. The smallest absolute Gasteiger partial charge is 0.338 e. The molecular weight excluding hydrogens is 442 g/mol. The van der Waals surface area contributed by atoms with Crippen LogP contribution in [0.3, 0.4) is 0 Å². The van der Waals surface area contributed by atoms with Crippen molar-refractivity contribution >= 4 is 39.1 Å². The highest BCUT2D eigenvalue weighted by molar-refractivity contribution is 7.89. The third-order valence-electron chi connectivity index (χ3n) is 4.77. The summed E-state index contributed by atoms with van der Waals surface area (Å²) in [6.45, 7) is 2.32. The molecular formula is C20H23N3O6S2. The van der Waals surface area contributed by atoms with Crippen LogP contribution in [0.5, 0.6) is 0 Å². The highest BCUT2D eigenvalue weighted by Crippen LogP contribution is 2.19. The first kappa shape index (κ1) is 22.9. The van der Waals surface area contributed by atoms with Gasteiger partial charge in [-0.2, -0.15) is 4.31 Å². The van der Waals surface area contributed by atoms with Crippen molar-refractivity contribution in [2.45, 2.75) is 18.4 Å². The largest absolute Gasteiger partial charge is 0.452 e. The number of rotatable bonds is 7. The minimum atomic E-state index is -3.82. The SMILES string of the molecule is CC(=O)N1CCN(S(=O)(=O)c2cccc(C(=O)OCC(=O)NCc3cccs3)c2)CC1. The van der Waals surface area contributed by atoms with Gasteiger partial charge in [-0.25, -0.2) is 13.2 Å². The molecule has 1 aliphatic rings. The Morgan fingerprint density at radius 3 is 2.48 bits per heavy atom. The maximum absolute atomic E-state index is 12.9. The molecule has 0 bridgehead atoms. The lowest BCUT2D eigenvalue weighted by Gasteiger charge is -2.33. The molecule has 0 atom stereocenters. The molecule has 0 saturated carbocycles. The number of carbonyl (C=O) groups excluding carboxylic acids is 3. The number of nitrogens with zero attached hydrogens (tertiary/aromatic N) is 2. The first-order valence-electron chi connectivity index (χ1n) is 9.59. The molecule has 1 aromatic heterocycles. The van der Waals surface area contributed by atoms with Gasteiger partial charge in [0.05, 0.1) is 17.0 Å². The maximum Gasteiger partial charge on any atom is 0.338 e. The zero-order valence-corrected chi connectivity index (χ0v) is 18.6. The van der Waals surface area contributed by atoms with Crippen LogP contribution in [0.4, 0.5) is 0 Å². The van der Waals surface area contributed by atoms with E-state index in [-0.39, 0.29) is 29.5 Å². The van der Waals surface area contributed by atoms with E-state index in [4.69, 9.17) is 4.74 Å². The van der Waals surface area contributed by atoms with E-state index < -0.39 is 28.5 Å². The van der Waals surface area contributed by atoms with Crippen LogP contribution in [0.1, 0.15) is 22.2 Å². The molecule has 2 aromatic rings. The minimum Gasteiger partial charge on any atom is -0.452 e. The average molecular weight is 466 g/mol. The molecule has 2 amide bonds. The highest BCUT2D eigenvalue weighted by atomic mass is 32.2. The van der Waals surface area contributed by atoms with Crippen molar-refractivity contribution in [3.63, 3.8) is 0 Å². The summed E-state index contributed by atoms with van der Waals surface area (Å²) >= 11 is 1.50. The van der Waals surface area contributed by atoms with Gasteiger partial charge in [0.25, 0.3) is 5.91 Å². The van der Waals surface area contributed by atoms with Crippen molar-refractivity contribution in [2.75, 3.05) is 32.8 Å². The third kappa shape index (κ3) is 5.90. The number of sulfonamides is 1. The second kappa shape index (κ2) is 10.0. The molecule has 1 fully saturated rings. The summed E-state index contributed by atoms with van der Waals surface area (Å²) in [5, 5.41) is 4.54. The van der Waals surface area contributed by atoms with Crippen molar-refractivity contribution in [1.82, 2.24) is 14.5 Å². The van der Waals surface area contributed by atoms with Crippen LogP contribution in [0.25, 0.3) is 0 Å². The molecule has 0 radical (unpaired) electrons. The molecule has 31 heavy (non-hydrogen) atoms. The molecule has 11 heteroatoms. The van der Waals surface area contributed by atoms with Gasteiger partial charge in [0, 0.05) is 38.0 Å². The number of piperazine rings is 1. The summed E-state index contributed by atoms with van der Waals surface area (Å²) in [7, 11) is -3.82. The quantitative estimate of drug-likeness (QED) is 0.612. The van der Waals surface area contributed by atoms with Crippen LogP contribution in [0, 0.1) is 0 Å². The first-order chi connectivity index (χ1) is 14.8. The summed E-state index contributed by atoms with van der Waals surface area (Å²) in [4.78, 5) is 38.1. The van der Waals surface area contributed by atoms with E-state index in [1.54, 1.807) is 4.90 Å². The Labute approximate surface area is 184 Å². The van der Waals surface area contributed by atoms with E-state index in [9.17, 15) is 22.8 Å². The van der Waals surface area contributed by atoms with Crippen LogP contribution >= 0.6 is 11.3 Å². The zero-order valence-electron chi connectivity index (χ0n) is 16.9. The van der Waals surface area contributed by atoms with Crippen LogP contribution in [0.15, 0.2) is 46.7 Å². The second-order valence-corrected chi connectivity index (χ2v) is 9.84.